The lowest BCUT2D eigenvalue weighted by Gasteiger charge is -2.22. The van der Waals surface area contributed by atoms with E-state index in [9.17, 15) is 10.2 Å². The van der Waals surface area contributed by atoms with Crippen LogP contribution in [0.25, 0.3) is 0 Å². The van der Waals surface area contributed by atoms with Crippen molar-refractivity contribution in [1.82, 2.24) is 0 Å². The van der Waals surface area contributed by atoms with E-state index in [-0.39, 0.29) is 5.92 Å². The molecule has 3 unspecified atom stereocenters. The maximum atomic E-state index is 9.97. The van der Waals surface area contributed by atoms with Gasteiger partial charge in [-0.05, 0) is 54.9 Å². The third-order valence-corrected chi connectivity index (χ3v) is 3.81. The fourth-order valence-electron chi connectivity index (χ4n) is 2.47. The van der Waals surface area contributed by atoms with E-state index >= 15 is 0 Å². The average Bonchev–Trinajstić information content (AvgIpc) is 2.43. The van der Waals surface area contributed by atoms with E-state index in [1.54, 1.807) is 0 Å². The van der Waals surface area contributed by atoms with Gasteiger partial charge < -0.3 is 14.9 Å². The number of ether oxygens (including phenoxy) is 1. The Labute approximate surface area is 129 Å². The average molecular weight is 294 g/mol. The van der Waals surface area contributed by atoms with Gasteiger partial charge >= 0.3 is 0 Å². The molecule has 0 radical (unpaired) electrons. The van der Waals surface area contributed by atoms with Gasteiger partial charge in [-0.1, -0.05) is 33.8 Å². The summed E-state index contributed by atoms with van der Waals surface area (Å²) in [6, 6.07) is 6.11. The molecule has 0 fully saturated rings. The molecule has 21 heavy (non-hydrogen) atoms. The van der Waals surface area contributed by atoms with Gasteiger partial charge in [0.25, 0.3) is 0 Å². The number of hydrogen-bond donors (Lipinski definition) is 2. The minimum absolute atomic E-state index is 0.209. The van der Waals surface area contributed by atoms with Crippen molar-refractivity contribution in [2.45, 2.75) is 65.6 Å². The Kier molecular flexibility index (Phi) is 7.20. The molecule has 0 heterocycles. The van der Waals surface area contributed by atoms with E-state index in [1.807, 2.05) is 13.0 Å². The third-order valence-electron chi connectivity index (χ3n) is 3.81. The van der Waals surface area contributed by atoms with Crippen molar-refractivity contribution in [2.75, 3.05) is 6.61 Å². The quantitative estimate of drug-likeness (QED) is 0.769. The van der Waals surface area contributed by atoms with Crippen LogP contribution in [0, 0.1) is 12.8 Å². The first-order chi connectivity index (χ1) is 9.85. The van der Waals surface area contributed by atoms with Gasteiger partial charge in [-0.2, -0.15) is 0 Å². The molecule has 0 spiro atoms. The fourth-order valence-corrected chi connectivity index (χ4v) is 2.47. The summed E-state index contributed by atoms with van der Waals surface area (Å²) in [6.45, 7) is 11.0. The molecule has 3 heteroatoms. The van der Waals surface area contributed by atoms with Gasteiger partial charge in [0.05, 0.1) is 18.8 Å². The summed E-state index contributed by atoms with van der Waals surface area (Å²) in [5.41, 5.74) is 2.37. The topological polar surface area (TPSA) is 49.7 Å². The summed E-state index contributed by atoms with van der Waals surface area (Å²) < 4.78 is 5.73. The highest BCUT2D eigenvalue weighted by Gasteiger charge is 2.19. The van der Waals surface area contributed by atoms with Crippen LogP contribution in [0.2, 0.25) is 0 Å². The normalized spacial score (nSPS) is 15.8. The highest BCUT2D eigenvalue weighted by Crippen LogP contribution is 2.28. The molecule has 120 valence electrons. The minimum atomic E-state index is -0.665. The van der Waals surface area contributed by atoms with Crippen molar-refractivity contribution in [2.24, 2.45) is 5.92 Å². The van der Waals surface area contributed by atoms with E-state index in [4.69, 9.17) is 4.74 Å². The zero-order chi connectivity index (χ0) is 16.0. The smallest absolute Gasteiger partial charge is 0.119 e. The van der Waals surface area contributed by atoms with E-state index in [0.29, 0.717) is 18.8 Å². The summed E-state index contributed by atoms with van der Waals surface area (Å²) in [5.74, 6) is 1.61. The Morgan fingerprint density at radius 3 is 2.29 bits per heavy atom. The number of benzene rings is 1. The summed E-state index contributed by atoms with van der Waals surface area (Å²) in [4.78, 5) is 0. The predicted molar refractivity (Wildman–Crippen MR) is 86.8 cm³/mol. The molecular formula is C18H30O3. The first kappa shape index (κ1) is 18.0. The molecule has 0 amide bonds. The molecule has 0 bridgehead atoms. The standard InChI is InChI=1S/C18H30O3/c1-6-17(19)18(20)10-14(5)16-8-7-15(9-13(16)4)21-11-12(2)3/h7-9,12,14,17-20H,6,10-11H2,1-5H3. The van der Waals surface area contributed by atoms with Crippen LogP contribution >= 0.6 is 0 Å². The maximum Gasteiger partial charge on any atom is 0.119 e. The van der Waals surface area contributed by atoms with Crippen molar-refractivity contribution in [3.8, 4) is 5.75 Å². The Morgan fingerprint density at radius 2 is 1.76 bits per heavy atom. The summed E-state index contributed by atoms with van der Waals surface area (Å²) in [5, 5.41) is 19.7. The molecule has 1 aromatic carbocycles. The highest BCUT2D eigenvalue weighted by molar-refractivity contribution is 5.36. The number of hydrogen-bond acceptors (Lipinski definition) is 3. The summed E-state index contributed by atoms with van der Waals surface area (Å²) >= 11 is 0. The van der Waals surface area contributed by atoms with Crippen LogP contribution in [0.5, 0.6) is 5.75 Å². The van der Waals surface area contributed by atoms with Gasteiger partial charge in [-0.3, -0.25) is 0 Å². The largest absolute Gasteiger partial charge is 0.493 e. The van der Waals surface area contributed by atoms with Gasteiger partial charge in [0, 0.05) is 0 Å². The van der Waals surface area contributed by atoms with E-state index < -0.39 is 12.2 Å². The van der Waals surface area contributed by atoms with E-state index in [2.05, 4.69) is 39.8 Å². The fraction of sp³-hybridized carbons (Fsp3) is 0.667. The second-order valence-corrected chi connectivity index (χ2v) is 6.40. The predicted octanol–water partition coefficient (Wildman–Crippen LogP) is 3.66. The molecule has 0 aliphatic heterocycles. The van der Waals surface area contributed by atoms with Crippen molar-refractivity contribution in [1.29, 1.82) is 0 Å². The lowest BCUT2D eigenvalue weighted by Crippen LogP contribution is -2.26. The van der Waals surface area contributed by atoms with Crippen LogP contribution in [-0.2, 0) is 0 Å². The van der Waals surface area contributed by atoms with Crippen molar-refractivity contribution >= 4 is 0 Å². The van der Waals surface area contributed by atoms with Gasteiger partial charge in [-0.25, -0.2) is 0 Å². The first-order valence-corrected chi connectivity index (χ1v) is 7.94. The lowest BCUT2D eigenvalue weighted by atomic mass is 9.90. The molecule has 3 atom stereocenters. The van der Waals surface area contributed by atoms with Crippen molar-refractivity contribution < 1.29 is 14.9 Å². The Morgan fingerprint density at radius 1 is 1.10 bits per heavy atom. The van der Waals surface area contributed by atoms with Crippen LogP contribution in [0.4, 0.5) is 0 Å². The molecule has 0 saturated carbocycles. The molecule has 3 nitrogen and oxygen atoms in total. The zero-order valence-corrected chi connectivity index (χ0v) is 14.0. The van der Waals surface area contributed by atoms with Crippen LogP contribution in [-0.4, -0.2) is 29.0 Å². The Bertz CT molecular complexity index is 428. The number of aliphatic hydroxyl groups excluding tert-OH is 2. The van der Waals surface area contributed by atoms with Gasteiger partial charge in [0.2, 0.25) is 0 Å². The SMILES string of the molecule is CCC(O)C(O)CC(C)c1ccc(OCC(C)C)cc1C. The van der Waals surface area contributed by atoms with Gasteiger partial charge in [0.1, 0.15) is 5.75 Å². The molecule has 0 saturated heterocycles. The third kappa shape index (κ3) is 5.68. The van der Waals surface area contributed by atoms with Gasteiger partial charge in [-0.15, -0.1) is 0 Å². The van der Waals surface area contributed by atoms with E-state index in [1.165, 1.54) is 11.1 Å². The first-order valence-electron chi connectivity index (χ1n) is 7.94. The molecule has 0 aromatic heterocycles. The van der Waals surface area contributed by atoms with Crippen LogP contribution in [0.1, 0.15) is 57.6 Å². The van der Waals surface area contributed by atoms with Gasteiger partial charge in [0.15, 0.2) is 0 Å². The van der Waals surface area contributed by atoms with Crippen molar-refractivity contribution in [3.05, 3.63) is 29.3 Å². The summed E-state index contributed by atoms with van der Waals surface area (Å²) in [7, 11) is 0. The van der Waals surface area contributed by atoms with Crippen LogP contribution < -0.4 is 4.74 Å². The number of aliphatic hydroxyl groups is 2. The molecule has 1 rings (SSSR count). The lowest BCUT2D eigenvalue weighted by molar-refractivity contribution is 0.00950. The Balaban J connectivity index is 2.70. The monoisotopic (exact) mass is 294 g/mol. The number of aryl methyl sites for hydroxylation is 1. The van der Waals surface area contributed by atoms with E-state index in [0.717, 1.165) is 12.4 Å². The molecule has 0 aliphatic carbocycles. The number of rotatable bonds is 8. The molecule has 2 N–H and O–H groups in total. The molecular weight excluding hydrogens is 264 g/mol. The second-order valence-electron chi connectivity index (χ2n) is 6.40. The zero-order valence-electron chi connectivity index (χ0n) is 14.0. The van der Waals surface area contributed by atoms with Crippen LogP contribution in [0.15, 0.2) is 18.2 Å². The maximum absolute atomic E-state index is 9.97. The minimum Gasteiger partial charge on any atom is -0.493 e. The molecule has 0 aliphatic rings. The Hall–Kier alpha value is -1.06. The van der Waals surface area contributed by atoms with Crippen molar-refractivity contribution in [3.63, 3.8) is 0 Å². The second kappa shape index (κ2) is 8.40. The summed E-state index contributed by atoms with van der Waals surface area (Å²) in [6.07, 6.45) is -0.153. The van der Waals surface area contributed by atoms with Crippen LogP contribution in [0.3, 0.4) is 0 Å². The molecule has 1 aromatic rings. The highest BCUT2D eigenvalue weighted by atomic mass is 16.5.